The molecule has 0 aliphatic carbocycles. The number of nitrogens with zero attached hydrogens (tertiary/aromatic N) is 1. The van der Waals surface area contributed by atoms with E-state index in [1.165, 1.54) is 5.56 Å². The van der Waals surface area contributed by atoms with Crippen molar-refractivity contribution in [3.8, 4) is 5.75 Å². The molecule has 0 amide bonds. The van der Waals surface area contributed by atoms with Crippen LogP contribution < -0.4 is 10.1 Å². The quantitative estimate of drug-likeness (QED) is 0.873. The third kappa shape index (κ3) is 2.61. The third-order valence-corrected chi connectivity index (χ3v) is 4.17. The van der Waals surface area contributed by atoms with Crippen LogP contribution in [0.2, 0.25) is 0 Å². The zero-order chi connectivity index (χ0) is 13.1. The molecule has 1 aromatic carbocycles. The van der Waals surface area contributed by atoms with Crippen LogP contribution in [0.4, 0.5) is 0 Å². The topological polar surface area (TPSA) is 33.7 Å². The van der Waals surface area contributed by atoms with Crippen LogP contribution in [0.5, 0.6) is 5.75 Å². The molecule has 0 unspecified atom stereocenters. The van der Waals surface area contributed by atoms with Gasteiger partial charge in [-0.15, -0.1) is 0 Å². The molecule has 0 atom stereocenters. The van der Waals surface area contributed by atoms with Crippen molar-refractivity contribution in [1.29, 1.82) is 0 Å². The number of ether oxygens (including phenoxy) is 2. The molecule has 1 N–H and O–H groups in total. The molecule has 2 heterocycles. The summed E-state index contributed by atoms with van der Waals surface area (Å²) in [4.78, 5) is 2.54. The molecule has 1 aromatic rings. The fraction of sp³-hybridized carbons (Fsp3) is 0.600. The van der Waals surface area contributed by atoms with Gasteiger partial charge in [-0.2, -0.15) is 0 Å². The maximum atomic E-state index is 5.52. The molecule has 104 valence electrons. The van der Waals surface area contributed by atoms with Crippen molar-refractivity contribution in [3.05, 3.63) is 29.8 Å². The lowest BCUT2D eigenvalue weighted by Gasteiger charge is -2.46. The number of piperazine rings is 1. The Morgan fingerprint density at radius 3 is 2.74 bits per heavy atom. The lowest BCUT2D eigenvalue weighted by atomic mass is 9.78. The smallest absolute Gasteiger partial charge is 0.119 e. The van der Waals surface area contributed by atoms with Crippen molar-refractivity contribution in [2.75, 3.05) is 53.0 Å². The molecule has 19 heavy (non-hydrogen) atoms. The van der Waals surface area contributed by atoms with Gasteiger partial charge in [0.05, 0.1) is 25.7 Å². The highest BCUT2D eigenvalue weighted by atomic mass is 16.5. The van der Waals surface area contributed by atoms with Crippen LogP contribution in [0, 0.1) is 0 Å². The second-order valence-corrected chi connectivity index (χ2v) is 5.53. The number of hydrogen-bond acceptors (Lipinski definition) is 4. The Balaban J connectivity index is 1.77. The number of methoxy groups -OCH3 is 1. The van der Waals surface area contributed by atoms with Gasteiger partial charge in [0, 0.05) is 32.7 Å². The van der Waals surface area contributed by atoms with Crippen molar-refractivity contribution < 1.29 is 9.47 Å². The number of hydrogen-bond donors (Lipinski definition) is 1. The van der Waals surface area contributed by atoms with Gasteiger partial charge in [-0.3, -0.25) is 4.90 Å². The summed E-state index contributed by atoms with van der Waals surface area (Å²) in [7, 11) is 1.72. The monoisotopic (exact) mass is 262 g/mol. The molecule has 3 rings (SSSR count). The Labute approximate surface area is 114 Å². The zero-order valence-electron chi connectivity index (χ0n) is 11.5. The van der Waals surface area contributed by atoms with Gasteiger partial charge in [-0.1, -0.05) is 12.1 Å². The Hall–Kier alpha value is -1.10. The van der Waals surface area contributed by atoms with Crippen LogP contribution in [-0.4, -0.2) is 57.9 Å². The van der Waals surface area contributed by atoms with E-state index >= 15 is 0 Å². The minimum absolute atomic E-state index is 0.159. The lowest BCUT2D eigenvalue weighted by Crippen LogP contribution is -2.57. The molecule has 0 bridgehead atoms. The van der Waals surface area contributed by atoms with Gasteiger partial charge < -0.3 is 14.8 Å². The molecule has 2 aliphatic rings. The molecule has 0 aromatic heterocycles. The second-order valence-electron chi connectivity index (χ2n) is 5.53. The van der Waals surface area contributed by atoms with Gasteiger partial charge in [0.15, 0.2) is 0 Å². The number of nitrogens with one attached hydrogen (secondary N) is 1. The van der Waals surface area contributed by atoms with Crippen LogP contribution in [-0.2, 0) is 10.2 Å². The van der Waals surface area contributed by atoms with E-state index in [1.807, 2.05) is 6.07 Å². The molecule has 0 spiro atoms. The summed E-state index contributed by atoms with van der Waals surface area (Å²) in [5.41, 5.74) is 1.50. The van der Waals surface area contributed by atoms with Gasteiger partial charge in [0.2, 0.25) is 0 Å². The number of rotatable bonds is 4. The van der Waals surface area contributed by atoms with E-state index in [4.69, 9.17) is 9.47 Å². The zero-order valence-corrected chi connectivity index (χ0v) is 11.5. The van der Waals surface area contributed by atoms with Crippen molar-refractivity contribution in [3.63, 3.8) is 0 Å². The minimum atomic E-state index is 0.159. The largest absolute Gasteiger partial charge is 0.497 e. The molecule has 2 aliphatic heterocycles. The maximum Gasteiger partial charge on any atom is 0.119 e. The van der Waals surface area contributed by atoms with Gasteiger partial charge in [-0.05, 0) is 17.7 Å². The third-order valence-electron chi connectivity index (χ3n) is 4.17. The predicted molar refractivity (Wildman–Crippen MR) is 74.8 cm³/mol. The number of benzene rings is 1. The van der Waals surface area contributed by atoms with E-state index in [-0.39, 0.29) is 5.41 Å². The Morgan fingerprint density at radius 2 is 2.11 bits per heavy atom. The van der Waals surface area contributed by atoms with E-state index in [0.717, 1.165) is 51.7 Å². The maximum absolute atomic E-state index is 5.52. The predicted octanol–water partition coefficient (Wildman–Crippen LogP) is 0.868. The average molecular weight is 262 g/mol. The fourth-order valence-electron chi connectivity index (χ4n) is 2.95. The summed E-state index contributed by atoms with van der Waals surface area (Å²) < 4.78 is 10.9. The SMILES string of the molecule is COc1cccc(C2(CN3CCNCC3)COC2)c1. The fourth-order valence-corrected chi connectivity index (χ4v) is 2.95. The molecule has 4 nitrogen and oxygen atoms in total. The van der Waals surface area contributed by atoms with E-state index in [0.29, 0.717) is 0 Å². The summed E-state index contributed by atoms with van der Waals surface area (Å²) in [6.07, 6.45) is 0. The van der Waals surface area contributed by atoms with E-state index in [2.05, 4.69) is 28.4 Å². The Kier molecular flexibility index (Phi) is 3.73. The summed E-state index contributed by atoms with van der Waals surface area (Å²) in [5.74, 6) is 0.934. The standard InChI is InChI=1S/C15H22N2O2/c1-18-14-4-2-3-13(9-14)15(11-19-12-15)10-17-7-5-16-6-8-17/h2-4,9,16H,5-8,10-12H2,1H3. The summed E-state index contributed by atoms with van der Waals surface area (Å²) >= 11 is 0. The average Bonchev–Trinajstić information content (AvgIpc) is 2.44. The van der Waals surface area contributed by atoms with Gasteiger partial charge >= 0.3 is 0 Å². The summed E-state index contributed by atoms with van der Waals surface area (Å²) in [6.45, 7) is 7.18. The highest BCUT2D eigenvalue weighted by Gasteiger charge is 2.42. The Bertz CT molecular complexity index is 426. The lowest BCUT2D eigenvalue weighted by molar-refractivity contribution is -0.0757. The van der Waals surface area contributed by atoms with Gasteiger partial charge in [0.25, 0.3) is 0 Å². The summed E-state index contributed by atoms with van der Waals surface area (Å²) in [6, 6.07) is 8.44. The molecule has 0 radical (unpaired) electrons. The van der Waals surface area contributed by atoms with E-state index in [9.17, 15) is 0 Å². The minimum Gasteiger partial charge on any atom is -0.497 e. The van der Waals surface area contributed by atoms with Crippen LogP contribution in [0.1, 0.15) is 5.56 Å². The molecule has 4 heteroatoms. The summed E-state index contributed by atoms with van der Waals surface area (Å²) in [5, 5.41) is 3.40. The first kappa shape index (κ1) is 12.9. The van der Waals surface area contributed by atoms with Gasteiger partial charge in [0.1, 0.15) is 5.75 Å². The normalized spacial score (nSPS) is 22.8. The molecular weight excluding hydrogens is 240 g/mol. The Morgan fingerprint density at radius 1 is 1.32 bits per heavy atom. The van der Waals surface area contributed by atoms with Gasteiger partial charge in [-0.25, -0.2) is 0 Å². The first-order chi connectivity index (χ1) is 9.32. The van der Waals surface area contributed by atoms with Crippen molar-refractivity contribution >= 4 is 0 Å². The molecular formula is C15H22N2O2. The second kappa shape index (κ2) is 5.49. The first-order valence-corrected chi connectivity index (χ1v) is 6.98. The van der Waals surface area contributed by atoms with Crippen LogP contribution >= 0.6 is 0 Å². The molecule has 0 saturated carbocycles. The highest BCUT2D eigenvalue weighted by molar-refractivity contribution is 5.36. The van der Waals surface area contributed by atoms with Crippen molar-refractivity contribution in [2.24, 2.45) is 0 Å². The highest BCUT2D eigenvalue weighted by Crippen LogP contribution is 2.35. The molecule has 2 saturated heterocycles. The van der Waals surface area contributed by atoms with E-state index in [1.54, 1.807) is 7.11 Å². The van der Waals surface area contributed by atoms with Crippen molar-refractivity contribution in [1.82, 2.24) is 10.2 Å². The van der Waals surface area contributed by atoms with Crippen molar-refractivity contribution in [2.45, 2.75) is 5.41 Å². The van der Waals surface area contributed by atoms with Crippen LogP contribution in [0.15, 0.2) is 24.3 Å². The van der Waals surface area contributed by atoms with E-state index < -0.39 is 0 Å². The molecule has 2 fully saturated rings. The van der Waals surface area contributed by atoms with Crippen LogP contribution in [0.3, 0.4) is 0 Å². The first-order valence-electron chi connectivity index (χ1n) is 6.98. The van der Waals surface area contributed by atoms with Crippen LogP contribution in [0.25, 0.3) is 0 Å².